The molecule has 0 aliphatic rings. The van der Waals surface area contributed by atoms with Gasteiger partial charge < -0.3 is 4.74 Å². The Kier molecular flexibility index (Phi) is 4.01. The third kappa shape index (κ3) is 2.77. The summed E-state index contributed by atoms with van der Waals surface area (Å²) >= 11 is 1.65. The Morgan fingerprint density at radius 1 is 1.50 bits per heavy atom. The van der Waals surface area contributed by atoms with E-state index in [1.807, 2.05) is 31.4 Å². The molecule has 0 N–H and O–H groups in total. The van der Waals surface area contributed by atoms with Gasteiger partial charge in [-0.15, -0.1) is 11.8 Å². The maximum Gasteiger partial charge on any atom is 0.310 e. The van der Waals surface area contributed by atoms with E-state index < -0.39 is 0 Å². The monoisotopic (exact) mass is 210 g/mol. The first kappa shape index (κ1) is 11.1. The van der Waals surface area contributed by atoms with Crippen molar-refractivity contribution < 1.29 is 9.53 Å². The van der Waals surface area contributed by atoms with Crippen molar-refractivity contribution in [2.75, 3.05) is 13.4 Å². The molecule has 1 rings (SSSR count). The highest BCUT2D eigenvalue weighted by Gasteiger charge is 2.07. The quantitative estimate of drug-likeness (QED) is 0.566. The molecule has 1 aromatic rings. The number of hydrogen-bond donors (Lipinski definition) is 0. The molecule has 0 fully saturated rings. The largest absolute Gasteiger partial charge is 0.469 e. The summed E-state index contributed by atoms with van der Waals surface area (Å²) < 4.78 is 4.65. The molecule has 0 unspecified atom stereocenters. The summed E-state index contributed by atoms with van der Waals surface area (Å²) in [6.07, 6.45) is 2.36. The van der Waals surface area contributed by atoms with Crippen molar-refractivity contribution in [2.45, 2.75) is 18.2 Å². The second-order valence-electron chi connectivity index (χ2n) is 3.07. The van der Waals surface area contributed by atoms with Crippen LogP contribution in [0.1, 0.15) is 11.1 Å². The third-order valence-corrected chi connectivity index (χ3v) is 2.84. The van der Waals surface area contributed by atoms with E-state index in [2.05, 4.69) is 4.74 Å². The summed E-state index contributed by atoms with van der Waals surface area (Å²) in [5, 5.41) is 0. The van der Waals surface area contributed by atoms with E-state index in [4.69, 9.17) is 0 Å². The summed E-state index contributed by atoms with van der Waals surface area (Å²) in [7, 11) is 1.41. The minimum Gasteiger partial charge on any atom is -0.469 e. The maximum atomic E-state index is 11.1. The van der Waals surface area contributed by atoms with Gasteiger partial charge in [0.2, 0.25) is 0 Å². The van der Waals surface area contributed by atoms with Crippen LogP contribution in [0.25, 0.3) is 0 Å². The standard InChI is InChI=1S/C11H14O2S/c1-8-4-5-10(14-3)9(6-8)7-11(12)13-2/h4-6H,7H2,1-3H3. The van der Waals surface area contributed by atoms with Crippen LogP contribution in [0.15, 0.2) is 23.1 Å². The first-order valence-corrected chi connectivity index (χ1v) is 5.60. The van der Waals surface area contributed by atoms with E-state index in [0.29, 0.717) is 6.42 Å². The van der Waals surface area contributed by atoms with Crippen molar-refractivity contribution >= 4 is 17.7 Å². The highest BCUT2D eigenvalue weighted by Crippen LogP contribution is 2.22. The molecule has 0 aliphatic heterocycles. The lowest BCUT2D eigenvalue weighted by atomic mass is 10.1. The molecule has 0 aromatic heterocycles. The Balaban J connectivity index is 2.93. The van der Waals surface area contributed by atoms with E-state index >= 15 is 0 Å². The van der Waals surface area contributed by atoms with Crippen molar-refractivity contribution in [1.29, 1.82) is 0 Å². The zero-order chi connectivity index (χ0) is 10.6. The topological polar surface area (TPSA) is 26.3 Å². The third-order valence-electron chi connectivity index (χ3n) is 2.00. The van der Waals surface area contributed by atoms with Crippen molar-refractivity contribution in [2.24, 2.45) is 0 Å². The molecule has 0 heterocycles. The van der Waals surface area contributed by atoms with Crippen LogP contribution in [-0.2, 0) is 16.0 Å². The Labute approximate surface area is 88.7 Å². The molecule has 0 amide bonds. The molecule has 14 heavy (non-hydrogen) atoms. The van der Waals surface area contributed by atoms with E-state index in [9.17, 15) is 4.79 Å². The van der Waals surface area contributed by atoms with Crippen LogP contribution in [0.5, 0.6) is 0 Å². The summed E-state index contributed by atoms with van der Waals surface area (Å²) in [6.45, 7) is 2.02. The van der Waals surface area contributed by atoms with Crippen molar-refractivity contribution in [3.8, 4) is 0 Å². The number of benzene rings is 1. The smallest absolute Gasteiger partial charge is 0.310 e. The molecule has 0 atom stereocenters. The van der Waals surface area contributed by atoms with Gasteiger partial charge in [0.1, 0.15) is 0 Å². The Morgan fingerprint density at radius 3 is 2.79 bits per heavy atom. The Hall–Kier alpha value is -0.960. The van der Waals surface area contributed by atoms with Crippen molar-refractivity contribution in [1.82, 2.24) is 0 Å². The number of methoxy groups -OCH3 is 1. The molecule has 0 saturated carbocycles. The highest BCUT2D eigenvalue weighted by molar-refractivity contribution is 7.98. The van der Waals surface area contributed by atoms with Gasteiger partial charge in [-0.1, -0.05) is 17.7 Å². The van der Waals surface area contributed by atoms with E-state index in [-0.39, 0.29) is 5.97 Å². The van der Waals surface area contributed by atoms with Gasteiger partial charge in [-0.2, -0.15) is 0 Å². The second-order valence-corrected chi connectivity index (χ2v) is 3.92. The number of carbonyl (C=O) groups is 1. The Bertz CT molecular complexity index is 334. The molecule has 3 heteroatoms. The predicted molar refractivity (Wildman–Crippen MR) is 58.7 cm³/mol. The van der Waals surface area contributed by atoms with Gasteiger partial charge in [0.05, 0.1) is 13.5 Å². The lowest BCUT2D eigenvalue weighted by molar-refractivity contribution is -0.139. The van der Waals surface area contributed by atoms with Gasteiger partial charge in [0.15, 0.2) is 0 Å². The van der Waals surface area contributed by atoms with E-state index in [1.165, 1.54) is 12.7 Å². The Morgan fingerprint density at radius 2 is 2.21 bits per heavy atom. The van der Waals surface area contributed by atoms with Crippen LogP contribution >= 0.6 is 11.8 Å². The lowest BCUT2D eigenvalue weighted by Gasteiger charge is -2.07. The minimum atomic E-state index is -0.189. The fourth-order valence-corrected chi connectivity index (χ4v) is 1.87. The molecule has 1 aromatic carbocycles. The van der Waals surface area contributed by atoms with Gasteiger partial charge in [-0.25, -0.2) is 0 Å². The zero-order valence-electron chi connectivity index (χ0n) is 8.66. The summed E-state index contributed by atoms with van der Waals surface area (Å²) in [5.41, 5.74) is 2.21. The maximum absolute atomic E-state index is 11.1. The molecular formula is C11H14O2S. The van der Waals surface area contributed by atoms with Gasteiger partial charge >= 0.3 is 5.97 Å². The van der Waals surface area contributed by atoms with Crippen LogP contribution in [0, 0.1) is 6.92 Å². The molecule has 2 nitrogen and oxygen atoms in total. The first-order valence-electron chi connectivity index (χ1n) is 4.37. The van der Waals surface area contributed by atoms with Gasteiger partial charge in [-0.3, -0.25) is 4.79 Å². The predicted octanol–water partition coefficient (Wildman–Crippen LogP) is 2.43. The number of rotatable bonds is 3. The molecule has 0 bridgehead atoms. The first-order chi connectivity index (χ1) is 6.67. The minimum absolute atomic E-state index is 0.189. The molecule has 0 radical (unpaired) electrons. The zero-order valence-corrected chi connectivity index (χ0v) is 9.48. The summed E-state index contributed by atoms with van der Waals surface area (Å²) in [4.78, 5) is 12.3. The van der Waals surface area contributed by atoms with Crippen LogP contribution < -0.4 is 0 Å². The molecule has 0 saturated heterocycles. The van der Waals surface area contributed by atoms with Crippen LogP contribution in [-0.4, -0.2) is 19.3 Å². The number of thioether (sulfide) groups is 1. The van der Waals surface area contributed by atoms with E-state index in [0.717, 1.165) is 10.5 Å². The lowest BCUT2D eigenvalue weighted by Crippen LogP contribution is -2.05. The van der Waals surface area contributed by atoms with E-state index in [1.54, 1.807) is 11.8 Å². The van der Waals surface area contributed by atoms with Crippen LogP contribution in [0.2, 0.25) is 0 Å². The average Bonchev–Trinajstić information content (AvgIpc) is 2.18. The number of hydrogen-bond acceptors (Lipinski definition) is 3. The van der Waals surface area contributed by atoms with Gasteiger partial charge in [0.25, 0.3) is 0 Å². The summed E-state index contributed by atoms with van der Waals surface area (Å²) in [5.74, 6) is -0.189. The van der Waals surface area contributed by atoms with Crippen LogP contribution in [0.3, 0.4) is 0 Å². The van der Waals surface area contributed by atoms with Gasteiger partial charge in [0, 0.05) is 4.90 Å². The molecule has 0 aliphatic carbocycles. The van der Waals surface area contributed by atoms with Crippen molar-refractivity contribution in [3.05, 3.63) is 29.3 Å². The fraction of sp³-hybridized carbons (Fsp3) is 0.364. The number of ether oxygens (including phenoxy) is 1. The molecule has 76 valence electrons. The van der Waals surface area contributed by atoms with Crippen LogP contribution in [0.4, 0.5) is 0 Å². The number of aryl methyl sites for hydroxylation is 1. The normalized spacial score (nSPS) is 9.93. The average molecular weight is 210 g/mol. The van der Waals surface area contributed by atoms with Crippen molar-refractivity contribution in [3.63, 3.8) is 0 Å². The SMILES string of the molecule is COC(=O)Cc1cc(C)ccc1SC. The fourth-order valence-electron chi connectivity index (χ4n) is 1.27. The molecule has 0 spiro atoms. The number of esters is 1. The number of carbonyl (C=O) groups excluding carboxylic acids is 1. The van der Waals surface area contributed by atoms with Gasteiger partial charge in [-0.05, 0) is 24.8 Å². The highest BCUT2D eigenvalue weighted by atomic mass is 32.2. The second kappa shape index (κ2) is 5.05. The molecular weight excluding hydrogens is 196 g/mol. The summed E-state index contributed by atoms with van der Waals surface area (Å²) in [6, 6.07) is 6.12.